The molecule has 0 unspecified atom stereocenters. The first-order chi connectivity index (χ1) is 20.0. The second kappa shape index (κ2) is 13.2. The Kier molecular flexibility index (Phi) is 10.3. The summed E-state index contributed by atoms with van der Waals surface area (Å²) in [4.78, 5) is 41.2. The minimum Gasteiger partial charge on any atom is -0.475 e. The molecule has 3 aromatic heterocycles. The second-order valence-corrected chi connectivity index (χ2v) is 10.7. The number of piperidine rings is 1. The van der Waals surface area contributed by atoms with Gasteiger partial charge < -0.3 is 19.7 Å². The zero-order valence-corrected chi connectivity index (χ0v) is 23.7. The van der Waals surface area contributed by atoms with Crippen molar-refractivity contribution < 1.29 is 50.9 Å². The molecule has 43 heavy (non-hydrogen) atoms. The van der Waals surface area contributed by atoms with E-state index in [0.717, 1.165) is 62.6 Å². The Balaban J connectivity index is 0.000000303. The van der Waals surface area contributed by atoms with Crippen LogP contribution in [0.25, 0.3) is 11.3 Å². The molecule has 3 aromatic rings. The number of nitrogens with zero attached hydrogens (tertiary/aromatic N) is 6. The van der Waals surface area contributed by atoms with E-state index in [4.69, 9.17) is 24.8 Å². The number of hydrogen-bond acceptors (Lipinski definition) is 7. The summed E-state index contributed by atoms with van der Waals surface area (Å²) in [6.07, 6.45) is -2.46. The normalized spacial score (nSPS) is 16.4. The molecule has 0 aromatic carbocycles. The van der Waals surface area contributed by atoms with Gasteiger partial charge in [0.1, 0.15) is 11.4 Å². The summed E-state index contributed by atoms with van der Waals surface area (Å²) < 4.78 is 67.6. The number of thiophene rings is 1. The monoisotopic (exact) mass is 638 g/mol. The SMILES string of the molecule is CC(=O)N1CCn2c(-c3cnn(C)c3)cnc2C12CCN(Cc1cccs1)CC2.O=C(O)C(F)(F)F.O=C(O)C(F)(F)F. The lowest BCUT2D eigenvalue weighted by atomic mass is 9.83. The molecule has 2 aliphatic rings. The number of rotatable bonds is 3. The summed E-state index contributed by atoms with van der Waals surface area (Å²) in [6.45, 7) is 6.13. The van der Waals surface area contributed by atoms with Gasteiger partial charge in [-0.2, -0.15) is 31.4 Å². The molecule has 0 atom stereocenters. The minimum absolute atomic E-state index is 0.147. The molecule has 11 nitrogen and oxygen atoms in total. The molecular weight excluding hydrogens is 610 g/mol. The van der Waals surface area contributed by atoms with Gasteiger partial charge in [0.15, 0.2) is 0 Å². The Morgan fingerprint density at radius 1 is 0.977 bits per heavy atom. The predicted molar refractivity (Wildman–Crippen MR) is 140 cm³/mol. The number of aliphatic carboxylic acids is 2. The molecule has 2 N–H and O–H groups in total. The van der Waals surface area contributed by atoms with Gasteiger partial charge in [-0.3, -0.25) is 14.4 Å². The lowest BCUT2D eigenvalue weighted by molar-refractivity contribution is -0.193. The highest BCUT2D eigenvalue weighted by molar-refractivity contribution is 7.09. The molecule has 0 bridgehead atoms. The lowest BCUT2D eigenvalue weighted by Crippen LogP contribution is -2.59. The van der Waals surface area contributed by atoms with E-state index in [9.17, 15) is 31.1 Å². The van der Waals surface area contributed by atoms with E-state index in [2.05, 4.69) is 37.0 Å². The first-order valence-corrected chi connectivity index (χ1v) is 13.5. The molecule has 1 fully saturated rings. The van der Waals surface area contributed by atoms with Gasteiger partial charge in [0.2, 0.25) is 5.91 Å². The standard InChI is InChI=1S/C21H26N6OS.2C2HF3O2/c1-16(28)27-10-9-26-19(17-12-23-24(2)14-17)13-22-20(26)21(27)5-7-25(8-6-21)15-18-4-3-11-29-18;2*3-2(4,5)1(6)7/h3-4,11-14H,5-10,15H2,1-2H3;2*(H,6,7). The fraction of sp³-hybridized carbons (Fsp3) is 0.480. The molecule has 1 amide bonds. The van der Waals surface area contributed by atoms with Crippen LogP contribution in [0.2, 0.25) is 0 Å². The molecule has 0 radical (unpaired) electrons. The van der Waals surface area contributed by atoms with Crippen molar-refractivity contribution in [2.24, 2.45) is 7.05 Å². The third kappa shape index (κ3) is 8.13. The van der Waals surface area contributed by atoms with Crippen LogP contribution in [0, 0.1) is 0 Å². The van der Waals surface area contributed by atoms with Crippen molar-refractivity contribution in [3.8, 4) is 11.3 Å². The fourth-order valence-electron chi connectivity index (χ4n) is 4.95. The predicted octanol–water partition coefficient (Wildman–Crippen LogP) is 3.97. The Hall–Kier alpha value is -3.93. The highest BCUT2D eigenvalue weighted by Crippen LogP contribution is 2.42. The summed E-state index contributed by atoms with van der Waals surface area (Å²) >= 11 is 1.81. The third-order valence-electron chi connectivity index (χ3n) is 6.84. The van der Waals surface area contributed by atoms with Crippen molar-refractivity contribution in [2.45, 2.75) is 50.7 Å². The minimum atomic E-state index is -5.08. The Bertz CT molecular complexity index is 1390. The highest BCUT2D eigenvalue weighted by Gasteiger charge is 2.48. The molecule has 0 saturated carbocycles. The van der Waals surface area contributed by atoms with Crippen molar-refractivity contribution in [3.63, 3.8) is 0 Å². The van der Waals surface area contributed by atoms with Crippen LogP contribution in [-0.4, -0.2) is 89.2 Å². The number of amides is 1. The molecule has 5 heterocycles. The number of hydrogen-bond donors (Lipinski definition) is 2. The fourth-order valence-corrected chi connectivity index (χ4v) is 5.69. The molecule has 5 rings (SSSR count). The number of carboxylic acid groups (broad SMARTS) is 2. The van der Waals surface area contributed by atoms with Gasteiger partial charge in [-0.15, -0.1) is 11.3 Å². The number of halogens is 6. The maximum Gasteiger partial charge on any atom is 0.490 e. The van der Waals surface area contributed by atoms with E-state index in [1.54, 1.807) is 6.92 Å². The number of fused-ring (bicyclic) bond motifs is 2. The van der Waals surface area contributed by atoms with E-state index in [1.807, 2.05) is 41.7 Å². The van der Waals surface area contributed by atoms with Crippen molar-refractivity contribution in [2.75, 3.05) is 19.6 Å². The number of aromatic nitrogens is 4. The Labute approximate surface area is 244 Å². The van der Waals surface area contributed by atoms with Crippen molar-refractivity contribution in [1.29, 1.82) is 0 Å². The number of imidazole rings is 1. The van der Waals surface area contributed by atoms with Crippen LogP contribution in [-0.2, 0) is 40.1 Å². The van der Waals surface area contributed by atoms with E-state index in [1.165, 1.54) is 4.88 Å². The van der Waals surface area contributed by atoms with Gasteiger partial charge in [-0.1, -0.05) is 6.07 Å². The maximum absolute atomic E-state index is 12.6. The Morgan fingerprint density at radius 2 is 1.56 bits per heavy atom. The second-order valence-electron chi connectivity index (χ2n) is 9.68. The molecule has 1 saturated heterocycles. The number of alkyl halides is 6. The number of carbonyl (C=O) groups excluding carboxylic acids is 1. The zero-order chi connectivity index (χ0) is 32.2. The van der Waals surface area contributed by atoms with Gasteiger partial charge in [0, 0.05) is 63.3 Å². The number of aryl methyl sites for hydroxylation is 1. The van der Waals surface area contributed by atoms with Gasteiger partial charge in [0.05, 0.1) is 18.1 Å². The number of carbonyl (C=O) groups is 3. The Morgan fingerprint density at radius 3 is 2.00 bits per heavy atom. The van der Waals surface area contributed by atoms with E-state index >= 15 is 0 Å². The van der Waals surface area contributed by atoms with Crippen LogP contribution < -0.4 is 0 Å². The first-order valence-electron chi connectivity index (χ1n) is 12.6. The average molecular weight is 639 g/mol. The average Bonchev–Trinajstić information content (AvgIpc) is 3.66. The molecular formula is C25H28F6N6O5S. The van der Waals surface area contributed by atoms with Crippen LogP contribution in [0.15, 0.2) is 36.1 Å². The van der Waals surface area contributed by atoms with Gasteiger partial charge in [-0.25, -0.2) is 14.6 Å². The molecule has 236 valence electrons. The quantitative estimate of drug-likeness (QED) is 0.412. The largest absolute Gasteiger partial charge is 0.490 e. The summed E-state index contributed by atoms with van der Waals surface area (Å²) in [5.41, 5.74) is 1.86. The van der Waals surface area contributed by atoms with Crippen LogP contribution in [0.5, 0.6) is 0 Å². The maximum atomic E-state index is 12.6. The smallest absolute Gasteiger partial charge is 0.475 e. The number of carboxylic acids is 2. The van der Waals surface area contributed by atoms with Crippen LogP contribution in [0.3, 0.4) is 0 Å². The summed E-state index contributed by atoms with van der Waals surface area (Å²) in [7, 11) is 1.93. The van der Waals surface area contributed by atoms with E-state index in [-0.39, 0.29) is 11.4 Å². The zero-order valence-electron chi connectivity index (χ0n) is 22.9. The van der Waals surface area contributed by atoms with E-state index in [0.29, 0.717) is 0 Å². The first kappa shape index (κ1) is 33.6. The van der Waals surface area contributed by atoms with Crippen LogP contribution >= 0.6 is 11.3 Å². The van der Waals surface area contributed by atoms with Crippen molar-refractivity contribution in [1.82, 2.24) is 29.1 Å². The van der Waals surface area contributed by atoms with Crippen LogP contribution in [0.4, 0.5) is 26.3 Å². The topological polar surface area (TPSA) is 134 Å². The lowest BCUT2D eigenvalue weighted by Gasteiger charge is -2.50. The molecule has 2 aliphatic heterocycles. The third-order valence-corrected chi connectivity index (χ3v) is 7.71. The molecule has 0 aliphatic carbocycles. The van der Waals surface area contributed by atoms with E-state index < -0.39 is 24.3 Å². The summed E-state index contributed by atoms with van der Waals surface area (Å²) in [5, 5.41) is 20.7. The summed E-state index contributed by atoms with van der Waals surface area (Å²) in [6, 6.07) is 4.31. The van der Waals surface area contributed by atoms with Gasteiger partial charge in [-0.05, 0) is 24.3 Å². The van der Waals surface area contributed by atoms with Crippen molar-refractivity contribution >= 4 is 29.2 Å². The van der Waals surface area contributed by atoms with Gasteiger partial charge in [0.25, 0.3) is 0 Å². The molecule has 18 heteroatoms. The number of likely N-dealkylation sites (tertiary alicyclic amines) is 1. The highest BCUT2D eigenvalue weighted by atomic mass is 32.1. The van der Waals surface area contributed by atoms with Crippen LogP contribution in [0.1, 0.15) is 30.5 Å². The summed E-state index contributed by atoms with van der Waals surface area (Å²) in [5.74, 6) is -4.33. The van der Waals surface area contributed by atoms with Gasteiger partial charge >= 0.3 is 24.3 Å². The molecule has 1 spiro atoms. The van der Waals surface area contributed by atoms with Crippen molar-refractivity contribution in [3.05, 3.63) is 46.8 Å².